The van der Waals surface area contributed by atoms with Crippen molar-refractivity contribution in [3.8, 4) is 0 Å². The molecule has 0 aromatic heterocycles. The number of hydrogen-bond donors (Lipinski definition) is 2. The Bertz CT molecular complexity index is 645. The van der Waals surface area contributed by atoms with Crippen molar-refractivity contribution in [1.82, 2.24) is 0 Å². The highest BCUT2D eigenvalue weighted by Crippen LogP contribution is 2.15. The minimum absolute atomic E-state index is 0.0785. The van der Waals surface area contributed by atoms with E-state index >= 15 is 0 Å². The number of anilines is 1. The van der Waals surface area contributed by atoms with Gasteiger partial charge in [0.2, 0.25) is 0 Å². The minimum Gasteiger partial charge on any atom is -0.462 e. The molecule has 1 rings (SSSR count). The maximum absolute atomic E-state index is 12.0. The van der Waals surface area contributed by atoms with Crippen molar-refractivity contribution in [2.24, 2.45) is 5.11 Å². The van der Waals surface area contributed by atoms with Crippen LogP contribution in [0.4, 0.5) is 5.69 Å². The Morgan fingerprint density at radius 2 is 1.62 bits per heavy atom. The van der Waals surface area contributed by atoms with Gasteiger partial charge < -0.3 is 15.2 Å². The topological polar surface area (TPSA) is 107 Å². The molecule has 0 aliphatic heterocycles. The van der Waals surface area contributed by atoms with E-state index in [2.05, 4.69) is 22.3 Å². The van der Waals surface area contributed by atoms with E-state index in [1.807, 2.05) is 12.1 Å². The zero-order chi connectivity index (χ0) is 23.3. The lowest BCUT2D eigenvalue weighted by Crippen LogP contribution is -2.17. The molecule has 0 amide bonds. The van der Waals surface area contributed by atoms with E-state index in [0.717, 1.165) is 18.5 Å². The Morgan fingerprint density at radius 3 is 2.22 bits per heavy atom. The highest BCUT2D eigenvalue weighted by Gasteiger charge is 2.09. The number of aliphatic hydroxyl groups excluding tert-OH is 1. The zero-order valence-corrected chi connectivity index (χ0v) is 19.8. The van der Waals surface area contributed by atoms with Crippen LogP contribution in [0.2, 0.25) is 0 Å². The second-order valence-corrected chi connectivity index (χ2v) is 8.35. The number of ether oxygens (including phenoxy) is 1. The summed E-state index contributed by atoms with van der Waals surface area (Å²) in [6.07, 6.45) is 15.0. The number of nitrogens with zero attached hydrogens (tertiary/aromatic N) is 3. The molecule has 1 atom stereocenters. The molecule has 0 fully saturated rings. The average Bonchev–Trinajstić information content (AvgIpc) is 2.81. The largest absolute Gasteiger partial charge is 0.462 e. The maximum Gasteiger partial charge on any atom is 0.338 e. The van der Waals surface area contributed by atoms with Gasteiger partial charge in [-0.1, -0.05) is 76.2 Å². The van der Waals surface area contributed by atoms with Crippen LogP contribution < -0.4 is 5.32 Å². The van der Waals surface area contributed by atoms with E-state index in [1.165, 1.54) is 57.8 Å². The summed E-state index contributed by atoms with van der Waals surface area (Å²) in [5, 5.41) is 16.0. The van der Waals surface area contributed by atoms with E-state index < -0.39 is 0 Å². The van der Waals surface area contributed by atoms with E-state index in [0.29, 0.717) is 31.6 Å². The van der Waals surface area contributed by atoms with Crippen molar-refractivity contribution in [1.29, 1.82) is 0 Å². The van der Waals surface area contributed by atoms with Gasteiger partial charge in [-0.05, 0) is 49.1 Å². The van der Waals surface area contributed by atoms with Gasteiger partial charge >= 0.3 is 5.97 Å². The molecule has 180 valence electrons. The Kier molecular flexibility index (Phi) is 16.9. The predicted molar refractivity (Wildman–Crippen MR) is 131 cm³/mol. The third-order valence-corrected chi connectivity index (χ3v) is 5.55. The fourth-order valence-electron chi connectivity index (χ4n) is 3.56. The van der Waals surface area contributed by atoms with Gasteiger partial charge in [0.1, 0.15) is 0 Å². The van der Waals surface area contributed by atoms with Gasteiger partial charge in [-0.25, -0.2) is 4.79 Å². The summed E-state index contributed by atoms with van der Waals surface area (Å²) in [5.74, 6) is -0.359. The second-order valence-electron chi connectivity index (χ2n) is 8.35. The third-order valence-electron chi connectivity index (χ3n) is 5.55. The van der Waals surface area contributed by atoms with Gasteiger partial charge in [-0.2, -0.15) is 0 Å². The van der Waals surface area contributed by atoms with Gasteiger partial charge in [0.15, 0.2) is 0 Å². The highest BCUT2D eigenvalue weighted by atomic mass is 16.5. The van der Waals surface area contributed by atoms with Crippen LogP contribution >= 0.6 is 0 Å². The molecular formula is C25H42N4O3. The van der Waals surface area contributed by atoms with Crippen molar-refractivity contribution >= 4 is 11.7 Å². The summed E-state index contributed by atoms with van der Waals surface area (Å²) in [6, 6.07) is 7.03. The molecule has 0 saturated heterocycles. The van der Waals surface area contributed by atoms with E-state index in [-0.39, 0.29) is 18.6 Å². The lowest BCUT2D eigenvalue weighted by atomic mass is 10.0. The van der Waals surface area contributed by atoms with Crippen LogP contribution in [0.15, 0.2) is 29.4 Å². The molecule has 0 bridgehead atoms. The lowest BCUT2D eigenvalue weighted by molar-refractivity contribution is 0.0492. The molecule has 0 spiro atoms. The summed E-state index contributed by atoms with van der Waals surface area (Å²) in [6.45, 7) is 3.24. The van der Waals surface area contributed by atoms with Crippen molar-refractivity contribution < 1.29 is 14.6 Å². The number of carbonyl (C=O) groups excluding carboxylic acids is 1. The number of esters is 1. The Balaban J connectivity index is 2.23. The van der Waals surface area contributed by atoms with Gasteiger partial charge in [0.25, 0.3) is 0 Å². The van der Waals surface area contributed by atoms with Crippen molar-refractivity contribution in [2.75, 3.05) is 25.1 Å². The fourth-order valence-corrected chi connectivity index (χ4v) is 3.56. The number of aliphatic hydroxyl groups is 1. The van der Waals surface area contributed by atoms with E-state index in [9.17, 15) is 4.79 Å². The van der Waals surface area contributed by atoms with Crippen LogP contribution in [-0.2, 0) is 4.74 Å². The van der Waals surface area contributed by atoms with Crippen molar-refractivity contribution in [3.63, 3.8) is 0 Å². The van der Waals surface area contributed by atoms with E-state index in [4.69, 9.17) is 15.4 Å². The molecule has 1 aromatic rings. The van der Waals surface area contributed by atoms with Crippen LogP contribution in [-0.4, -0.2) is 36.9 Å². The third kappa shape index (κ3) is 13.9. The number of rotatable bonds is 20. The van der Waals surface area contributed by atoms with Gasteiger partial charge in [0.05, 0.1) is 18.2 Å². The van der Waals surface area contributed by atoms with Crippen LogP contribution in [0, 0.1) is 0 Å². The van der Waals surface area contributed by atoms with E-state index in [1.54, 1.807) is 12.1 Å². The summed E-state index contributed by atoms with van der Waals surface area (Å²) < 4.78 is 5.18. The quantitative estimate of drug-likeness (QED) is 0.0737. The molecule has 0 aliphatic carbocycles. The zero-order valence-electron chi connectivity index (χ0n) is 19.8. The molecule has 0 aliphatic rings. The van der Waals surface area contributed by atoms with Crippen LogP contribution in [0.5, 0.6) is 0 Å². The van der Waals surface area contributed by atoms with Gasteiger partial charge in [-0.3, -0.25) is 0 Å². The molecule has 7 nitrogen and oxygen atoms in total. The maximum atomic E-state index is 12.0. The number of hydrogen-bond acceptors (Lipinski definition) is 5. The van der Waals surface area contributed by atoms with Crippen molar-refractivity contribution in [3.05, 3.63) is 40.3 Å². The normalized spacial score (nSPS) is 11.6. The molecule has 32 heavy (non-hydrogen) atoms. The first-order valence-corrected chi connectivity index (χ1v) is 12.4. The van der Waals surface area contributed by atoms with Crippen molar-refractivity contribution in [2.45, 2.75) is 96.4 Å². The lowest BCUT2D eigenvalue weighted by Gasteiger charge is -2.13. The molecule has 0 heterocycles. The number of nitrogens with one attached hydrogen (secondary N) is 1. The highest BCUT2D eigenvalue weighted by molar-refractivity contribution is 5.89. The summed E-state index contributed by atoms with van der Waals surface area (Å²) >= 11 is 0. The summed E-state index contributed by atoms with van der Waals surface area (Å²) in [5.41, 5.74) is 10.2. The second kappa shape index (κ2) is 19.4. The SMILES string of the molecule is CCCCCCCCCCCCC(CNc1ccc(C(=O)OCCCCO)cc1)N=[N+]=[N-]. The minimum atomic E-state index is -0.359. The van der Waals surface area contributed by atoms with Crippen LogP contribution in [0.25, 0.3) is 10.4 Å². The predicted octanol–water partition coefficient (Wildman–Crippen LogP) is 7.02. The number of carbonyl (C=O) groups is 1. The molecule has 0 saturated carbocycles. The number of azide groups is 1. The standard InChI is InChI=1S/C25H42N4O3/c1-2-3-4-5-6-7-8-9-10-11-14-24(28-29-26)21-27-23-17-15-22(16-18-23)25(31)32-20-13-12-19-30/h15-18,24,27,30H,2-14,19-21H2,1H3. The average molecular weight is 447 g/mol. The first kappa shape index (κ1) is 27.8. The molecule has 2 N–H and O–H groups in total. The van der Waals surface area contributed by atoms with Gasteiger partial charge in [0, 0.05) is 23.8 Å². The monoisotopic (exact) mass is 446 g/mol. The Hall–Kier alpha value is -2.24. The van der Waals surface area contributed by atoms with Crippen LogP contribution in [0.3, 0.4) is 0 Å². The summed E-state index contributed by atoms with van der Waals surface area (Å²) in [7, 11) is 0. The Morgan fingerprint density at radius 1 is 1.00 bits per heavy atom. The number of benzene rings is 1. The van der Waals surface area contributed by atoms with Gasteiger partial charge in [-0.15, -0.1) is 0 Å². The van der Waals surface area contributed by atoms with Crippen LogP contribution in [0.1, 0.15) is 101 Å². The molecule has 1 aromatic carbocycles. The Labute approximate surface area is 193 Å². The molecule has 0 radical (unpaired) electrons. The first-order valence-electron chi connectivity index (χ1n) is 12.4. The molecular weight excluding hydrogens is 404 g/mol. The fraction of sp³-hybridized carbons (Fsp3) is 0.720. The summed E-state index contributed by atoms with van der Waals surface area (Å²) in [4.78, 5) is 15.0. The molecule has 7 heteroatoms. The smallest absolute Gasteiger partial charge is 0.338 e. The molecule has 1 unspecified atom stereocenters. The first-order chi connectivity index (χ1) is 15.7. The number of unbranched alkanes of at least 4 members (excludes halogenated alkanes) is 10.